The number of nitrogens with zero attached hydrogens (tertiary/aromatic N) is 2. The van der Waals surface area contributed by atoms with E-state index in [0.717, 1.165) is 0 Å². The van der Waals surface area contributed by atoms with Crippen molar-refractivity contribution >= 4 is 33.8 Å². The fraction of sp³-hybridized carbons (Fsp3) is 0.778. The van der Waals surface area contributed by atoms with Crippen molar-refractivity contribution in [2.75, 3.05) is 19.6 Å². The van der Waals surface area contributed by atoms with E-state index in [-0.39, 0.29) is 40.9 Å². The van der Waals surface area contributed by atoms with Gasteiger partial charge in [0.05, 0.1) is 18.1 Å². The number of hydrogen-bond acceptors (Lipinski definition) is 7. The van der Waals surface area contributed by atoms with Crippen LogP contribution in [0.5, 0.6) is 0 Å². The van der Waals surface area contributed by atoms with Crippen LogP contribution in [0.1, 0.15) is 27.2 Å². The molecule has 1 amide bonds. The van der Waals surface area contributed by atoms with Crippen molar-refractivity contribution < 1.29 is 28.2 Å². The van der Waals surface area contributed by atoms with Crippen LogP contribution < -0.4 is 10.0 Å². The minimum atomic E-state index is -3.44. The molecule has 4 N–H and O–H groups in total. The van der Waals surface area contributed by atoms with Crippen LogP contribution in [0.4, 0.5) is 0 Å². The molecule has 0 spiro atoms. The Labute approximate surface area is 180 Å². The molecule has 4 rings (SSSR count). The number of β-lactam (4-membered cyclic amide) rings is 1. The van der Waals surface area contributed by atoms with Gasteiger partial charge in [-0.3, -0.25) is 4.79 Å². The minimum absolute atomic E-state index is 0.0150. The molecule has 0 aliphatic carbocycles. The molecule has 4 aliphatic rings. The molecule has 12 heteroatoms. The first-order valence-corrected chi connectivity index (χ1v) is 12.5. The average Bonchev–Trinajstić information content (AvgIpc) is 3.23. The second-order valence-electron chi connectivity index (χ2n) is 8.69. The van der Waals surface area contributed by atoms with E-state index in [0.29, 0.717) is 31.0 Å². The number of carboxylic acids is 1. The van der Waals surface area contributed by atoms with Crippen LogP contribution in [-0.2, 0) is 19.8 Å². The van der Waals surface area contributed by atoms with Gasteiger partial charge in [0.2, 0.25) is 5.91 Å². The van der Waals surface area contributed by atoms with Gasteiger partial charge in [-0.1, -0.05) is 6.92 Å². The number of fused-ring (bicyclic) bond motifs is 1. The molecular weight excluding hydrogens is 432 g/mol. The Bertz CT molecular complexity index is 891. The standard InChI is InChI=1S/C18H28N4O6S2/c1-8-6-21(30(27,28)20-8)7-11-4-12(5-19-11)29-16-9(2)14-13(10(3)23)17(24)22(14)15(16)18(25)26/h8-14,19-20,23H,4-7H2,1-3H3,(H,25,26)/t8?,9-,10-,11+,12+,13-,14-/m1/s1. The van der Waals surface area contributed by atoms with Crippen LogP contribution in [0.2, 0.25) is 0 Å². The molecule has 1 unspecified atom stereocenters. The number of aliphatic carboxylic acids is 1. The van der Waals surface area contributed by atoms with Gasteiger partial charge in [-0.2, -0.15) is 17.4 Å². The molecular formula is C18H28N4O6S2. The molecule has 0 saturated carbocycles. The molecule has 0 bridgehead atoms. The number of hydrogen-bond donors (Lipinski definition) is 4. The van der Waals surface area contributed by atoms with Gasteiger partial charge in [0.1, 0.15) is 5.70 Å². The monoisotopic (exact) mass is 460 g/mol. The number of aliphatic hydroxyl groups excluding tert-OH is 1. The smallest absolute Gasteiger partial charge is 0.353 e. The van der Waals surface area contributed by atoms with Crippen molar-refractivity contribution in [2.45, 2.75) is 56.7 Å². The molecule has 0 aromatic rings. The van der Waals surface area contributed by atoms with E-state index in [1.54, 1.807) is 6.92 Å². The maximum atomic E-state index is 12.4. The topological polar surface area (TPSA) is 139 Å². The average molecular weight is 461 g/mol. The summed E-state index contributed by atoms with van der Waals surface area (Å²) < 4.78 is 28.3. The minimum Gasteiger partial charge on any atom is -0.477 e. The summed E-state index contributed by atoms with van der Waals surface area (Å²) in [6.45, 7) is 6.73. The van der Waals surface area contributed by atoms with Gasteiger partial charge in [0.15, 0.2) is 0 Å². The Hall–Kier alpha value is -1.18. The molecule has 4 aliphatic heterocycles. The SMILES string of the molecule is CC1CN(C[C@@H]2C[C@H](SC3=C(C(=O)O)N4C(=O)[C@H]([C@@H](C)O)[C@H]4[C@H]3C)CN2)S(=O)(=O)N1. The zero-order valence-corrected chi connectivity index (χ0v) is 18.7. The highest BCUT2D eigenvalue weighted by molar-refractivity contribution is 8.03. The highest BCUT2D eigenvalue weighted by Crippen LogP contribution is 2.51. The van der Waals surface area contributed by atoms with Crippen LogP contribution in [0.25, 0.3) is 0 Å². The van der Waals surface area contributed by atoms with E-state index in [1.165, 1.54) is 21.0 Å². The number of carboxylic acid groups (broad SMARTS) is 1. The summed E-state index contributed by atoms with van der Waals surface area (Å²) in [6, 6.07) is -0.453. The van der Waals surface area contributed by atoms with Crippen LogP contribution in [0.15, 0.2) is 10.6 Å². The maximum absolute atomic E-state index is 12.4. The number of amides is 1. The Kier molecular flexibility index (Phi) is 5.69. The lowest BCUT2D eigenvalue weighted by molar-refractivity contribution is -0.163. The van der Waals surface area contributed by atoms with Gasteiger partial charge in [-0.25, -0.2) is 4.79 Å². The summed E-state index contributed by atoms with van der Waals surface area (Å²) in [5.41, 5.74) is 0.0306. The van der Waals surface area contributed by atoms with E-state index in [9.17, 15) is 28.2 Å². The summed E-state index contributed by atoms with van der Waals surface area (Å²) in [6.07, 6.45) is -0.122. The molecule has 3 saturated heterocycles. The zero-order chi connectivity index (χ0) is 22.0. The quantitative estimate of drug-likeness (QED) is 0.376. The third-order valence-corrected chi connectivity index (χ3v) is 9.57. The first kappa shape index (κ1) is 22.0. The molecule has 4 heterocycles. The second-order valence-corrected chi connectivity index (χ2v) is 11.7. The number of carbonyl (C=O) groups is 2. The summed E-state index contributed by atoms with van der Waals surface area (Å²) in [5, 5.41) is 23.1. The number of rotatable bonds is 6. The fourth-order valence-electron chi connectivity index (χ4n) is 5.06. The summed E-state index contributed by atoms with van der Waals surface area (Å²) in [7, 11) is -3.44. The number of nitrogens with one attached hydrogen (secondary N) is 2. The predicted octanol–water partition coefficient (Wildman–Crippen LogP) is -0.858. The fourth-order valence-corrected chi connectivity index (χ4v) is 8.10. The molecule has 10 nitrogen and oxygen atoms in total. The van der Waals surface area contributed by atoms with Crippen molar-refractivity contribution in [3.8, 4) is 0 Å². The van der Waals surface area contributed by atoms with E-state index >= 15 is 0 Å². The Morgan fingerprint density at radius 2 is 2.07 bits per heavy atom. The number of carbonyl (C=O) groups excluding carboxylic acids is 1. The highest BCUT2D eigenvalue weighted by Gasteiger charge is 2.60. The van der Waals surface area contributed by atoms with Crippen molar-refractivity contribution in [1.29, 1.82) is 0 Å². The van der Waals surface area contributed by atoms with Crippen molar-refractivity contribution in [2.24, 2.45) is 11.8 Å². The van der Waals surface area contributed by atoms with E-state index < -0.39 is 28.2 Å². The lowest BCUT2D eigenvalue weighted by Gasteiger charge is -2.46. The van der Waals surface area contributed by atoms with Gasteiger partial charge in [-0.05, 0) is 20.3 Å². The lowest BCUT2D eigenvalue weighted by Crippen LogP contribution is -2.63. The molecule has 30 heavy (non-hydrogen) atoms. The first-order valence-electron chi connectivity index (χ1n) is 10.2. The lowest BCUT2D eigenvalue weighted by atomic mass is 9.79. The molecule has 0 aromatic heterocycles. The van der Waals surface area contributed by atoms with Crippen LogP contribution in [0.3, 0.4) is 0 Å². The highest BCUT2D eigenvalue weighted by atomic mass is 32.2. The Morgan fingerprint density at radius 3 is 2.63 bits per heavy atom. The molecule has 7 atom stereocenters. The van der Waals surface area contributed by atoms with Crippen LogP contribution in [-0.4, -0.2) is 88.8 Å². The van der Waals surface area contributed by atoms with E-state index in [2.05, 4.69) is 10.0 Å². The van der Waals surface area contributed by atoms with Crippen LogP contribution in [0, 0.1) is 11.8 Å². The summed E-state index contributed by atoms with van der Waals surface area (Å²) in [5.74, 6) is -2.20. The molecule has 3 fully saturated rings. The Morgan fingerprint density at radius 1 is 1.37 bits per heavy atom. The first-order chi connectivity index (χ1) is 14.0. The van der Waals surface area contributed by atoms with Gasteiger partial charge in [-0.15, -0.1) is 11.8 Å². The van der Waals surface area contributed by atoms with E-state index in [4.69, 9.17) is 0 Å². The number of thioether (sulfide) groups is 1. The molecule has 0 radical (unpaired) electrons. The summed E-state index contributed by atoms with van der Waals surface area (Å²) in [4.78, 5) is 26.4. The molecule has 0 aromatic carbocycles. The number of aliphatic hydroxyl groups is 1. The predicted molar refractivity (Wildman–Crippen MR) is 111 cm³/mol. The van der Waals surface area contributed by atoms with Crippen molar-refractivity contribution in [3.05, 3.63) is 10.6 Å². The third kappa shape index (κ3) is 3.56. The van der Waals surface area contributed by atoms with Gasteiger partial charge in [0.25, 0.3) is 10.2 Å². The van der Waals surface area contributed by atoms with Crippen molar-refractivity contribution in [1.82, 2.24) is 19.2 Å². The van der Waals surface area contributed by atoms with Crippen LogP contribution >= 0.6 is 11.8 Å². The van der Waals surface area contributed by atoms with Gasteiger partial charge >= 0.3 is 5.97 Å². The zero-order valence-electron chi connectivity index (χ0n) is 17.1. The maximum Gasteiger partial charge on any atom is 0.353 e. The molecule has 168 valence electrons. The Balaban J connectivity index is 1.44. The van der Waals surface area contributed by atoms with E-state index in [1.807, 2.05) is 13.8 Å². The second kappa shape index (κ2) is 7.75. The normalized spacial score (nSPS) is 39.3. The summed E-state index contributed by atoms with van der Waals surface area (Å²) >= 11 is 1.46. The van der Waals surface area contributed by atoms with Gasteiger partial charge < -0.3 is 20.4 Å². The largest absolute Gasteiger partial charge is 0.477 e. The van der Waals surface area contributed by atoms with Crippen molar-refractivity contribution in [3.63, 3.8) is 0 Å². The van der Waals surface area contributed by atoms with Gasteiger partial charge in [0, 0.05) is 47.8 Å². The third-order valence-electron chi connectivity index (χ3n) is 6.38.